The predicted molar refractivity (Wildman–Crippen MR) is 84.4 cm³/mol. The minimum atomic E-state index is -0.0747. The van der Waals surface area contributed by atoms with Crippen LogP contribution < -0.4 is 10.5 Å². The van der Waals surface area contributed by atoms with Crippen LogP contribution in [0.1, 0.15) is 23.9 Å². The Labute approximate surface area is 133 Å². The lowest BCUT2D eigenvalue weighted by Crippen LogP contribution is -2.11. The van der Waals surface area contributed by atoms with Crippen molar-refractivity contribution in [1.29, 1.82) is 5.41 Å². The molecule has 5 nitrogen and oxygen atoms in total. The van der Waals surface area contributed by atoms with Crippen LogP contribution in [0.25, 0.3) is 0 Å². The maximum atomic E-state index is 7.39. The van der Waals surface area contributed by atoms with E-state index in [9.17, 15) is 0 Å². The molecule has 0 spiro atoms. The molecule has 3 N–H and O–H groups in total. The highest BCUT2D eigenvalue weighted by atomic mass is 35.5. The molecule has 0 radical (unpaired) electrons. The van der Waals surface area contributed by atoms with Gasteiger partial charge in [-0.3, -0.25) is 10.1 Å². The number of hydrogen-bond acceptors (Lipinski definition) is 3. The SMILES string of the molecule is CCn1nc(C)c(Cl)c1COc1ccc(C(=N)N)c(Cl)c1. The van der Waals surface area contributed by atoms with Gasteiger partial charge in [0.25, 0.3) is 0 Å². The van der Waals surface area contributed by atoms with Gasteiger partial charge in [-0.2, -0.15) is 5.10 Å². The number of hydrogen-bond donors (Lipinski definition) is 2. The number of rotatable bonds is 5. The van der Waals surface area contributed by atoms with Crippen LogP contribution in [-0.4, -0.2) is 15.6 Å². The van der Waals surface area contributed by atoms with Crippen LogP contribution in [0.2, 0.25) is 10.0 Å². The molecule has 0 saturated carbocycles. The van der Waals surface area contributed by atoms with Crippen LogP contribution in [0, 0.1) is 12.3 Å². The summed E-state index contributed by atoms with van der Waals surface area (Å²) in [5.41, 5.74) is 7.50. The van der Waals surface area contributed by atoms with Gasteiger partial charge in [0.15, 0.2) is 0 Å². The quantitative estimate of drug-likeness (QED) is 0.653. The van der Waals surface area contributed by atoms with E-state index >= 15 is 0 Å². The third-order valence-corrected chi connectivity index (χ3v) is 3.86. The zero-order chi connectivity index (χ0) is 15.6. The molecule has 0 bridgehead atoms. The van der Waals surface area contributed by atoms with Crippen LogP contribution in [-0.2, 0) is 13.2 Å². The fourth-order valence-corrected chi connectivity index (χ4v) is 2.42. The normalized spacial score (nSPS) is 10.7. The number of aromatic nitrogens is 2. The molecule has 0 fully saturated rings. The highest BCUT2D eigenvalue weighted by molar-refractivity contribution is 6.34. The summed E-state index contributed by atoms with van der Waals surface area (Å²) in [5.74, 6) is 0.511. The number of benzene rings is 1. The van der Waals surface area contributed by atoms with E-state index in [4.69, 9.17) is 39.1 Å². The molecule has 0 aliphatic heterocycles. The molecule has 21 heavy (non-hydrogen) atoms. The predicted octanol–water partition coefficient (Wildman–Crippen LogP) is 3.38. The molecular weight excluding hydrogens is 311 g/mol. The highest BCUT2D eigenvalue weighted by Crippen LogP contribution is 2.25. The molecule has 7 heteroatoms. The van der Waals surface area contributed by atoms with Gasteiger partial charge in [-0.15, -0.1) is 0 Å². The zero-order valence-corrected chi connectivity index (χ0v) is 13.3. The monoisotopic (exact) mass is 326 g/mol. The molecule has 0 atom stereocenters. The summed E-state index contributed by atoms with van der Waals surface area (Å²) in [7, 11) is 0. The minimum Gasteiger partial charge on any atom is -0.487 e. The molecule has 0 unspecified atom stereocenters. The number of nitrogen functional groups attached to an aromatic ring is 1. The van der Waals surface area contributed by atoms with Crippen LogP contribution in [0.15, 0.2) is 18.2 Å². The maximum absolute atomic E-state index is 7.39. The molecule has 112 valence electrons. The van der Waals surface area contributed by atoms with Gasteiger partial charge in [0, 0.05) is 12.1 Å². The summed E-state index contributed by atoms with van der Waals surface area (Å²) < 4.78 is 7.51. The van der Waals surface area contributed by atoms with Crippen molar-refractivity contribution in [2.24, 2.45) is 5.73 Å². The Hall–Kier alpha value is -1.72. The number of ether oxygens (including phenoxy) is 1. The van der Waals surface area contributed by atoms with Crippen LogP contribution in [0.5, 0.6) is 5.75 Å². The van der Waals surface area contributed by atoms with Gasteiger partial charge in [0.1, 0.15) is 18.2 Å². The average Bonchev–Trinajstić information content (AvgIpc) is 2.71. The lowest BCUT2D eigenvalue weighted by Gasteiger charge is -2.10. The Morgan fingerprint density at radius 2 is 2.14 bits per heavy atom. The molecule has 1 aromatic carbocycles. The lowest BCUT2D eigenvalue weighted by atomic mass is 10.2. The Balaban J connectivity index is 2.17. The van der Waals surface area contributed by atoms with E-state index in [1.54, 1.807) is 18.2 Å². The Bertz CT molecular complexity index is 682. The lowest BCUT2D eigenvalue weighted by molar-refractivity contribution is 0.292. The number of halogens is 2. The first-order chi connectivity index (χ1) is 9.93. The van der Waals surface area contributed by atoms with Crippen molar-refractivity contribution in [3.63, 3.8) is 0 Å². The molecular formula is C14H16Cl2N4O. The molecule has 1 aromatic heterocycles. The van der Waals surface area contributed by atoms with Gasteiger partial charge in [0.05, 0.1) is 21.4 Å². The van der Waals surface area contributed by atoms with E-state index in [-0.39, 0.29) is 5.84 Å². The molecule has 0 amide bonds. The fraction of sp³-hybridized carbons (Fsp3) is 0.286. The van der Waals surface area contributed by atoms with E-state index < -0.39 is 0 Å². The van der Waals surface area contributed by atoms with E-state index in [0.717, 1.165) is 17.9 Å². The van der Waals surface area contributed by atoms with Gasteiger partial charge in [-0.25, -0.2) is 0 Å². The third-order valence-electron chi connectivity index (χ3n) is 3.06. The maximum Gasteiger partial charge on any atom is 0.131 e. The standard InChI is InChI=1S/C14H16Cl2N4O/c1-3-20-12(13(16)8(2)19-20)7-21-9-4-5-10(14(17)18)11(15)6-9/h4-6H,3,7H2,1-2H3,(H3,17,18). The van der Waals surface area contributed by atoms with E-state index in [2.05, 4.69) is 5.10 Å². The zero-order valence-electron chi connectivity index (χ0n) is 11.8. The summed E-state index contributed by atoms with van der Waals surface area (Å²) in [5, 5.41) is 12.7. The molecule has 2 rings (SSSR count). The van der Waals surface area contributed by atoms with E-state index in [0.29, 0.717) is 28.0 Å². The summed E-state index contributed by atoms with van der Waals surface area (Å²) in [6.07, 6.45) is 0. The van der Waals surface area contributed by atoms with Crippen LogP contribution in [0.3, 0.4) is 0 Å². The molecule has 2 aromatic rings. The molecule has 0 aliphatic rings. The van der Waals surface area contributed by atoms with Crippen molar-refractivity contribution in [2.75, 3.05) is 0 Å². The Kier molecular flexibility index (Phi) is 4.75. The van der Waals surface area contributed by atoms with Crippen LogP contribution >= 0.6 is 23.2 Å². The summed E-state index contributed by atoms with van der Waals surface area (Å²) >= 11 is 12.3. The summed E-state index contributed by atoms with van der Waals surface area (Å²) in [6.45, 7) is 4.86. The van der Waals surface area contributed by atoms with E-state index in [1.807, 2.05) is 18.5 Å². The van der Waals surface area contributed by atoms with Crippen LogP contribution in [0.4, 0.5) is 0 Å². The van der Waals surface area contributed by atoms with Gasteiger partial charge in [0.2, 0.25) is 0 Å². The van der Waals surface area contributed by atoms with Gasteiger partial charge < -0.3 is 10.5 Å². The number of aryl methyl sites for hydroxylation is 2. The first-order valence-corrected chi connectivity index (χ1v) is 7.18. The molecule has 0 saturated heterocycles. The third kappa shape index (κ3) is 3.31. The second kappa shape index (κ2) is 6.37. The number of nitrogens with zero attached hydrogens (tertiary/aromatic N) is 2. The second-order valence-corrected chi connectivity index (χ2v) is 5.29. The smallest absolute Gasteiger partial charge is 0.131 e. The number of amidine groups is 1. The topological polar surface area (TPSA) is 76.9 Å². The van der Waals surface area contributed by atoms with Crippen molar-refractivity contribution in [3.05, 3.63) is 45.2 Å². The number of nitrogens with two attached hydrogens (primary N) is 1. The Morgan fingerprint density at radius 3 is 2.71 bits per heavy atom. The van der Waals surface area contributed by atoms with Crippen molar-refractivity contribution >= 4 is 29.0 Å². The van der Waals surface area contributed by atoms with Crippen molar-refractivity contribution in [1.82, 2.24) is 9.78 Å². The van der Waals surface area contributed by atoms with Crippen molar-refractivity contribution in [3.8, 4) is 5.75 Å². The summed E-state index contributed by atoms with van der Waals surface area (Å²) in [4.78, 5) is 0. The average molecular weight is 327 g/mol. The van der Waals surface area contributed by atoms with Crippen molar-refractivity contribution < 1.29 is 4.74 Å². The Morgan fingerprint density at radius 1 is 1.43 bits per heavy atom. The fourth-order valence-electron chi connectivity index (χ4n) is 1.96. The van der Waals surface area contributed by atoms with E-state index in [1.165, 1.54) is 0 Å². The largest absolute Gasteiger partial charge is 0.487 e. The first-order valence-electron chi connectivity index (χ1n) is 6.42. The minimum absolute atomic E-state index is 0.0747. The molecule has 0 aliphatic carbocycles. The summed E-state index contributed by atoms with van der Waals surface area (Å²) in [6, 6.07) is 5.01. The van der Waals surface area contributed by atoms with Crippen molar-refractivity contribution in [2.45, 2.75) is 27.0 Å². The highest BCUT2D eigenvalue weighted by Gasteiger charge is 2.13. The second-order valence-electron chi connectivity index (χ2n) is 4.51. The van der Waals surface area contributed by atoms with Gasteiger partial charge in [-0.05, 0) is 32.0 Å². The first kappa shape index (κ1) is 15.7. The van der Waals surface area contributed by atoms with Gasteiger partial charge in [-0.1, -0.05) is 23.2 Å². The molecule has 1 heterocycles. The van der Waals surface area contributed by atoms with Gasteiger partial charge >= 0.3 is 0 Å². The number of nitrogens with one attached hydrogen (secondary N) is 1.